The van der Waals surface area contributed by atoms with E-state index in [1.54, 1.807) is 18.6 Å². The Morgan fingerprint density at radius 1 is 1.33 bits per heavy atom. The molecule has 1 aliphatic heterocycles. The fourth-order valence-electron chi connectivity index (χ4n) is 2.21. The maximum atomic E-state index is 11.0. The van der Waals surface area contributed by atoms with Crippen molar-refractivity contribution in [2.45, 2.75) is 12.5 Å². The summed E-state index contributed by atoms with van der Waals surface area (Å²) in [7, 11) is 0. The van der Waals surface area contributed by atoms with E-state index in [9.17, 15) is 10.0 Å². The third kappa shape index (κ3) is 1.56. The molecule has 2 N–H and O–H groups in total. The van der Waals surface area contributed by atoms with Gasteiger partial charge < -0.3 is 9.52 Å². The van der Waals surface area contributed by atoms with Crippen molar-refractivity contribution in [1.82, 2.24) is 0 Å². The third-order valence-corrected chi connectivity index (χ3v) is 3.18. The summed E-state index contributed by atoms with van der Waals surface area (Å²) in [5.74, 6) is -1.03. The SMILES string of the molecule is O=C(O)C1Cc2ccc(-c3ccoc3)cc2N1O. The van der Waals surface area contributed by atoms with Gasteiger partial charge in [0, 0.05) is 12.0 Å². The first-order valence-electron chi connectivity index (χ1n) is 5.53. The van der Waals surface area contributed by atoms with Gasteiger partial charge in [-0.05, 0) is 23.3 Å². The Kier molecular flexibility index (Phi) is 2.34. The molecule has 92 valence electrons. The molecular formula is C13H11NO4. The number of carboxylic acids is 1. The lowest BCUT2D eigenvalue weighted by Gasteiger charge is -2.16. The van der Waals surface area contributed by atoms with Crippen LogP contribution in [-0.2, 0) is 11.2 Å². The van der Waals surface area contributed by atoms with Crippen LogP contribution < -0.4 is 5.06 Å². The number of furan rings is 1. The Morgan fingerprint density at radius 2 is 2.17 bits per heavy atom. The van der Waals surface area contributed by atoms with Crippen LogP contribution in [0.25, 0.3) is 11.1 Å². The van der Waals surface area contributed by atoms with Crippen molar-refractivity contribution in [2.24, 2.45) is 0 Å². The van der Waals surface area contributed by atoms with Gasteiger partial charge in [-0.2, -0.15) is 0 Å². The average Bonchev–Trinajstić information content (AvgIpc) is 2.97. The predicted molar refractivity (Wildman–Crippen MR) is 63.5 cm³/mol. The summed E-state index contributed by atoms with van der Waals surface area (Å²) in [4.78, 5) is 11.0. The number of anilines is 1. The molecule has 0 radical (unpaired) electrons. The lowest BCUT2D eigenvalue weighted by Crippen LogP contribution is -2.35. The zero-order valence-corrected chi connectivity index (χ0v) is 9.41. The highest BCUT2D eigenvalue weighted by Gasteiger charge is 2.33. The van der Waals surface area contributed by atoms with Gasteiger partial charge in [-0.25, -0.2) is 9.86 Å². The second kappa shape index (κ2) is 3.89. The Hall–Kier alpha value is -2.27. The van der Waals surface area contributed by atoms with Crippen molar-refractivity contribution < 1.29 is 19.5 Å². The number of benzene rings is 1. The summed E-state index contributed by atoms with van der Waals surface area (Å²) < 4.78 is 5.00. The van der Waals surface area contributed by atoms with E-state index in [2.05, 4.69) is 0 Å². The van der Waals surface area contributed by atoms with Crippen LogP contribution in [0.4, 0.5) is 5.69 Å². The summed E-state index contributed by atoms with van der Waals surface area (Å²) in [6.07, 6.45) is 3.49. The van der Waals surface area contributed by atoms with E-state index in [-0.39, 0.29) is 0 Å². The van der Waals surface area contributed by atoms with Gasteiger partial charge in [-0.3, -0.25) is 5.21 Å². The maximum absolute atomic E-state index is 11.0. The van der Waals surface area contributed by atoms with E-state index in [1.807, 2.05) is 18.2 Å². The molecule has 1 aliphatic rings. The van der Waals surface area contributed by atoms with Crippen LogP contribution in [0, 0.1) is 0 Å². The summed E-state index contributed by atoms with van der Waals surface area (Å²) in [6, 6.07) is 6.40. The molecule has 0 saturated carbocycles. The van der Waals surface area contributed by atoms with E-state index in [1.165, 1.54) is 0 Å². The Labute approximate surface area is 103 Å². The van der Waals surface area contributed by atoms with E-state index in [4.69, 9.17) is 9.52 Å². The van der Waals surface area contributed by atoms with Crippen molar-refractivity contribution in [1.29, 1.82) is 0 Å². The molecule has 3 rings (SSSR count). The summed E-state index contributed by atoms with van der Waals surface area (Å²) >= 11 is 0. The minimum atomic E-state index is -1.03. The van der Waals surface area contributed by atoms with E-state index in [0.717, 1.165) is 21.8 Å². The molecule has 0 fully saturated rings. The first-order valence-corrected chi connectivity index (χ1v) is 5.53. The van der Waals surface area contributed by atoms with Crippen molar-refractivity contribution >= 4 is 11.7 Å². The molecule has 2 heterocycles. The standard InChI is InChI=1S/C13H11NO4/c15-13(16)12-6-9-2-1-8(5-11(9)14(12)17)10-3-4-18-7-10/h1-5,7,12,17H,6H2,(H,15,16). The van der Waals surface area contributed by atoms with Gasteiger partial charge in [0.2, 0.25) is 0 Å². The zero-order chi connectivity index (χ0) is 12.7. The smallest absolute Gasteiger partial charge is 0.329 e. The van der Waals surface area contributed by atoms with Crippen molar-refractivity contribution in [3.8, 4) is 11.1 Å². The Balaban J connectivity index is 2.01. The second-order valence-electron chi connectivity index (χ2n) is 4.26. The quantitative estimate of drug-likeness (QED) is 0.848. The molecule has 2 aromatic rings. The highest BCUT2D eigenvalue weighted by atomic mass is 16.5. The van der Waals surface area contributed by atoms with Gasteiger partial charge in [0.15, 0.2) is 6.04 Å². The fourth-order valence-corrected chi connectivity index (χ4v) is 2.21. The Morgan fingerprint density at radius 3 is 2.83 bits per heavy atom. The molecule has 18 heavy (non-hydrogen) atoms. The number of hydrogen-bond acceptors (Lipinski definition) is 4. The summed E-state index contributed by atoms with van der Waals surface area (Å²) in [6.45, 7) is 0. The number of nitrogens with zero attached hydrogens (tertiary/aromatic N) is 1. The number of aliphatic carboxylic acids is 1. The minimum Gasteiger partial charge on any atom is -0.480 e. The van der Waals surface area contributed by atoms with Crippen LogP contribution in [0.3, 0.4) is 0 Å². The molecule has 1 aromatic carbocycles. The van der Waals surface area contributed by atoms with Gasteiger partial charge in [0.25, 0.3) is 0 Å². The van der Waals surface area contributed by atoms with Gasteiger partial charge in [0.05, 0.1) is 18.2 Å². The molecule has 5 heteroatoms. The largest absolute Gasteiger partial charge is 0.480 e. The first kappa shape index (κ1) is 10.9. The molecular weight excluding hydrogens is 234 g/mol. The van der Waals surface area contributed by atoms with Gasteiger partial charge >= 0.3 is 5.97 Å². The van der Waals surface area contributed by atoms with E-state index < -0.39 is 12.0 Å². The van der Waals surface area contributed by atoms with Crippen LogP contribution >= 0.6 is 0 Å². The molecule has 0 spiro atoms. The van der Waals surface area contributed by atoms with Crippen LogP contribution in [0.15, 0.2) is 41.2 Å². The Bertz CT molecular complexity index is 591. The van der Waals surface area contributed by atoms with Crippen LogP contribution in [0.1, 0.15) is 5.56 Å². The molecule has 0 saturated heterocycles. The fraction of sp³-hybridized carbons (Fsp3) is 0.154. The summed E-state index contributed by atoms with van der Waals surface area (Å²) in [5, 5.41) is 19.7. The van der Waals surface area contributed by atoms with Crippen LogP contribution in [0.5, 0.6) is 0 Å². The number of fused-ring (bicyclic) bond motifs is 1. The third-order valence-electron chi connectivity index (χ3n) is 3.18. The average molecular weight is 245 g/mol. The van der Waals surface area contributed by atoms with Gasteiger partial charge in [-0.1, -0.05) is 12.1 Å². The normalized spacial score (nSPS) is 17.8. The number of hydrogen-bond donors (Lipinski definition) is 2. The van der Waals surface area contributed by atoms with E-state index in [0.29, 0.717) is 12.1 Å². The molecule has 1 unspecified atom stereocenters. The topological polar surface area (TPSA) is 73.9 Å². The minimum absolute atomic E-state index is 0.312. The molecule has 1 atom stereocenters. The molecule has 1 aromatic heterocycles. The highest BCUT2D eigenvalue weighted by molar-refractivity contribution is 5.83. The maximum Gasteiger partial charge on any atom is 0.329 e. The predicted octanol–water partition coefficient (Wildman–Crippen LogP) is 2.15. The van der Waals surface area contributed by atoms with Gasteiger partial charge in [-0.15, -0.1) is 0 Å². The van der Waals surface area contributed by atoms with Crippen molar-refractivity contribution in [3.63, 3.8) is 0 Å². The van der Waals surface area contributed by atoms with Crippen molar-refractivity contribution in [2.75, 3.05) is 5.06 Å². The summed E-state index contributed by atoms with van der Waals surface area (Å²) in [5.41, 5.74) is 3.15. The lowest BCUT2D eigenvalue weighted by molar-refractivity contribution is -0.139. The number of carbonyl (C=O) groups is 1. The van der Waals surface area contributed by atoms with Gasteiger partial charge in [0.1, 0.15) is 0 Å². The monoisotopic (exact) mass is 245 g/mol. The number of rotatable bonds is 2. The van der Waals surface area contributed by atoms with E-state index >= 15 is 0 Å². The highest BCUT2D eigenvalue weighted by Crippen LogP contribution is 2.34. The molecule has 0 aliphatic carbocycles. The van der Waals surface area contributed by atoms with Crippen LogP contribution in [0.2, 0.25) is 0 Å². The lowest BCUT2D eigenvalue weighted by atomic mass is 10.0. The number of hydroxylamine groups is 1. The molecule has 5 nitrogen and oxygen atoms in total. The van der Waals surface area contributed by atoms with Crippen LogP contribution in [-0.4, -0.2) is 22.3 Å². The molecule has 0 amide bonds. The van der Waals surface area contributed by atoms with Crippen molar-refractivity contribution in [3.05, 3.63) is 42.4 Å². The second-order valence-corrected chi connectivity index (χ2v) is 4.26. The zero-order valence-electron chi connectivity index (χ0n) is 9.41. The first-order chi connectivity index (χ1) is 8.66. The molecule has 0 bridgehead atoms. The number of carboxylic acid groups (broad SMARTS) is 1.